The molecule has 0 aliphatic heterocycles. The summed E-state index contributed by atoms with van der Waals surface area (Å²) in [6.45, 7) is 3.50. The predicted octanol–water partition coefficient (Wildman–Crippen LogP) is 10.6. The Balaban J connectivity index is 1.61. The van der Waals surface area contributed by atoms with Gasteiger partial charge in [-0.1, -0.05) is 0 Å². The maximum Gasteiger partial charge on any atom is 0.222 e. The quantitative estimate of drug-likeness (QED) is 0.0449. The van der Waals surface area contributed by atoms with Crippen molar-refractivity contribution in [3.8, 4) is 17.2 Å². The Hall–Kier alpha value is -0.880. The van der Waals surface area contributed by atoms with Crippen LogP contribution in [0.25, 0.3) is 0 Å². The van der Waals surface area contributed by atoms with E-state index in [1.54, 1.807) is 39.8 Å². The van der Waals surface area contributed by atoms with E-state index in [0.29, 0.717) is 43.9 Å². The van der Waals surface area contributed by atoms with Gasteiger partial charge >= 0.3 is 0 Å². The van der Waals surface area contributed by atoms with Crippen LogP contribution in [-0.4, -0.2) is 105 Å². The van der Waals surface area contributed by atoms with Gasteiger partial charge in [0.2, 0.25) is 14.7 Å². The number of hydrazone groups is 3. The van der Waals surface area contributed by atoms with Gasteiger partial charge in [-0.05, 0) is 192 Å². The lowest BCUT2D eigenvalue weighted by Crippen LogP contribution is -2.51. The maximum atomic E-state index is 6.13. The lowest BCUT2D eigenvalue weighted by atomic mass is 10.2. The smallest absolute Gasteiger partial charge is 0.222 e. The Labute approximate surface area is 356 Å². The van der Waals surface area contributed by atoms with E-state index in [9.17, 15) is 0 Å². The Bertz CT molecular complexity index is 1640. The molecule has 3 rings (SSSR count). The molecule has 10 nitrogen and oxygen atoms in total. The van der Waals surface area contributed by atoms with Crippen molar-refractivity contribution in [2.45, 2.75) is 0 Å². The Morgan fingerprint density at radius 3 is 0.943 bits per heavy atom. The van der Waals surface area contributed by atoms with Crippen LogP contribution in [0, 0.1) is 0 Å². The molecule has 0 amide bonds. The minimum atomic E-state index is -2.67. The first-order chi connectivity index (χ1) is 24.7. The summed E-state index contributed by atoms with van der Waals surface area (Å²) in [5.41, 5.74) is 2.56. The summed E-state index contributed by atoms with van der Waals surface area (Å²) >= 11 is 51.2. The highest BCUT2D eigenvalue weighted by Crippen LogP contribution is 2.60. The molecule has 0 saturated carbocycles. The van der Waals surface area contributed by atoms with Gasteiger partial charge in [-0.15, -0.1) is 0 Å². The van der Waals surface area contributed by atoms with Gasteiger partial charge in [0.15, 0.2) is 0 Å². The highest BCUT2D eigenvalue weighted by Gasteiger charge is 2.23. The second-order valence-corrected chi connectivity index (χ2v) is 34.6. The van der Waals surface area contributed by atoms with E-state index in [0.717, 1.165) is 33.9 Å². The summed E-state index contributed by atoms with van der Waals surface area (Å²) in [6, 6.07) is 22.7. The molecule has 22 heteroatoms. The summed E-state index contributed by atoms with van der Waals surface area (Å²) in [4.78, 5) is -8.02. The molecule has 3 aromatic rings. The molecular formula is C31H39Cl6N7O3P3S3+. The molecule has 53 heavy (non-hydrogen) atoms. The molecule has 0 unspecified atom stereocenters. The van der Waals surface area contributed by atoms with Crippen LogP contribution in [0.2, 0.25) is 0 Å². The molecule has 0 saturated heterocycles. The summed E-state index contributed by atoms with van der Waals surface area (Å²) in [6.07, 6.45) is 4.94. The number of halogens is 6. The number of hydrogen-bond acceptors (Lipinski definition) is 9. The molecule has 290 valence electrons. The third-order valence-corrected chi connectivity index (χ3v) is 15.9. The van der Waals surface area contributed by atoms with Crippen molar-refractivity contribution < 1.29 is 18.7 Å². The van der Waals surface area contributed by atoms with Crippen molar-refractivity contribution in [1.29, 1.82) is 0 Å². The average molecular weight is 960 g/mol. The number of benzene rings is 3. The fourth-order valence-corrected chi connectivity index (χ4v) is 5.67. The third-order valence-electron chi connectivity index (χ3n) is 7.47. The standard InChI is InChI=1S/C31H39Cl6N7O3P3S3/c1-41(48(32,33)51)38-23-26-5-11-29(12-6-26)45-20-17-44(4,18-21-46-30-13-7-27(8-14-30)24-39-42(2)49(34,35)52)19-22-47-31-15-9-28(10-16-31)25-40-43(3)50(36,37)53/h5-16,23-25H,17-22H2,1-4H3/q+1/b38-23+,39-24+,40-25+. The lowest BCUT2D eigenvalue weighted by Gasteiger charge is -2.34. The fourth-order valence-electron chi connectivity index (χ4n) is 4.07. The van der Waals surface area contributed by atoms with Gasteiger partial charge in [0.25, 0.3) is 0 Å². The van der Waals surface area contributed by atoms with Gasteiger partial charge in [-0.3, -0.25) is 0 Å². The first-order valence-electron chi connectivity index (χ1n) is 15.6. The minimum Gasteiger partial charge on any atom is -0.488 e. The number of nitrogens with zero attached hydrogens (tertiary/aromatic N) is 7. The highest BCUT2D eigenvalue weighted by molar-refractivity contribution is 8.38. The monoisotopic (exact) mass is 956 g/mol. The molecule has 0 bridgehead atoms. The first kappa shape index (κ1) is 46.5. The van der Waals surface area contributed by atoms with Gasteiger partial charge < -0.3 is 18.7 Å². The Morgan fingerprint density at radius 2 is 0.736 bits per heavy atom. The lowest BCUT2D eigenvalue weighted by molar-refractivity contribution is -0.909. The van der Waals surface area contributed by atoms with Crippen molar-refractivity contribution >= 4 is 136 Å². The van der Waals surface area contributed by atoms with Crippen LogP contribution in [0.4, 0.5) is 0 Å². The molecule has 0 fully saturated rings. The summed E-state index contributed by atoms with van der Waals surface area (Å²) in [5, 5.41) is 12.7. The van der Waals surface area contributed by atoms with Crippen molar-refractivity contribution in [3.63, 3.8) is 0 Å². The number of ether oxygens (including phenoxy) is 3. The van der Waals surface area contributed by atoms with Crippen LogP contribution < -0.4 is 14.2 Å². The fraction of sp³-hybridized carbons (Fsp3) is 0.323. The predicted molar refractivity (Wildman–Crippen MR) is 241 cm³/mol. The largest absolute Gasteiger partial charge is 0.488 e. The average Bonchev–Trinajstić information content (AvgIpc) is 3.09. The molecule has 0 aliphatic rings. The molecule has 3 aromatic carbocycles. The second-order valence-electron chi connectivity index (χ2n) is 11.5. The third kappa shape index (κ3) is 17.9. The topological polar surface area (TPSA) is 74.5 Å². The van der Waals surface area contributed by atoms with E-state index >= 15 is 0 Å². The van der Waals surface area contributed by atoms with Crippen LogP contribution in [0.1, 0.15) is 16.7 Å². The van der Waals surface area contributed by atoms with Crippen molar-refractivity contribution in [2.75, 3.05) is 67.6 Å². The van der Waals surface area contributed by atoms with E-state index in [2.05, 4.69) is 22.4 Å². The van der Waals surface area contributed by atoms with Crippen molar-refractivity contribution in [2.24, 2.45) is 15.3 Å². The molecule has 0 aliphatic carbocycles. The molecule has 0 radical (unpaired) electrons. The van der Waals surface area contributed by atoms with E-state index in [1.807, 2.05) is 72.8 Å². The number of quaternary nitrogens is 1. The van der Waals surface area contributed by atoms with Gasteiger partial charge in [0, 0.05) is 21.1 Å². The highest BCUT2D eigenvalue weighted by atomic mass is 35.9. The van der Waals surface area contributed by atoms with Gasteiger partial charge in [-0.2, -0.15) is 15.3 Å². The summed E-state index contributed by atoms with van der Waals surface area (Å²) in [7, 11) is 7.10. The zero-order valence-corrected chi connectivity index (χ0v) is 38.8. The van der Waals surface area contributed by atoms with Crippen LogP contribution in [0.15, 0.2) is 88.1 Å². The second kappa shape index (κ2) is 21.6. The van der Waals surface area contributed by atoms with Crippen molar-refractivity contribution in [1.82, 2.24) is 14.3 Å². The van der Waals surface area contributed by atoms with E-state index in [-0.39, 0.29) is 0 Å². The SMILES string of the molecule is CN(/N=C/c1ccc(OCC[N+](C)(CCOc2ccc(/C=N/N(C)P(=S)(Cl)Cl)cc2)CCOc2ccc(/C=N/N(C)P(=S)(Cl)Cl)cc2)cc1)P(=S)(Cl)Cl. The van der Waals surface area contributed by atoms with Crippen LogP contribution in [-0.2, 0) is 35.4 Å². The van der Waals surface area contributed by atoms with Crippen LogP contribution >= 0.6 is 82.1 Å². The van der Waals surface area contributed by atoms with Crippen LogP contribution in [0.5, 0.6) is 17.2 Å². The Morgan fingerprint density at radius 1 is 0.509 bits per heavy atom. The molecule has 0 aromatic heterocycles. The van der Waals surface area contributed by atoms with Gasteiger partial charge in [0.05, 0.1) is 25.7 Å². The van der Waals surface area contributed by atoms with Crippen molar-refractivity contribution in [3.05, 3.63) is 89.5 Å². The van der Waals surface area contributed by atoms with Crippen LogP contribution in [0.3, 0.4) is 0 Å². The first-order valence-corrected chi connectivity index (χ1v) is 29.3. The molecule has 0 spiro atoms. The zero-order chi connectivity index (χ0) is 39.3. The van der Waals surface area contributed by atoms with E-state index < -0.39 is 14.7 Å². The van der Waals surface area contributed by atoms with E-state index in [1.165, 1.54) is 14.3 Å². The number of likely N-dealkylation sites (N-methyl/N-ethyl adjacent to an activating group) is 1. The molecule has 0 atom stereocenters. The minimum absolute atomic E-state index is 0.468. The van der Waals surface area contributed by atoms with Gasteiger partial charge in [-0.25, -0.2) is 14.3 Å². The molecule has 0 N–H and O–H groups in total. The van der Waals surface area contributed by atoms with E-state index in [4.69, 9.17) is 117 Å². The summed E-state index contributed by atoms with van der Waals surface area (Å²) in [5.74, 6) is 2.19. The Kier molecular flexibility index (Phi) is 18.9. The maximum absolute atomic E-state index is 6.13. The summed E-state index contributed by atoms with van der Waals surface area (Å²) < 4.78 is 23.2. The normalized spacial score (nSPS) is 12.8. The zero-order valence-electron chi connectivity index (χ0n) is 29.1. The van der Waals surface area contributed by atoms with Gasteiger partial charge in [0.1, 0.15) is 56.7 Å². The number of rotatable bonds is 21. The number of hydrogen-bond donors (Lipinski definition) is 0. The molecular weight excluding hydrogens is 920 g/mol. The molecule has 0 heterocycles.